The smallest absolute Gasteiger partial charge is 0.308 e. The van der Waals surface area contributed by atoms with Gasteiger partial charge in [0.1, 0.15) is 5.82 Å². The van der Waals surface area contributed by atoms with E-state index >= 15 is 0 Å². The zero-order valence-electron chi connectivity index (χ0n) is 22.8. The van der Waals surface area contributed by atoms with Gasteiger partial charge in [-0.25, -0.2) is 9.48 Å². The van der Waals surface area contributed by atoms with Crippen molar-refractivity contribution in [3.8, 4) is 11.5 Å². The van der Waals surface area contributed by atoms with E-state index < -0.39 is 0 Å². The van der Waals surface area contributed by atoms with Crippen LogP contribution in [0.2, 0.25) is 0 Å². The molecular weight excluding hydrogens is 482 g/mol. The second kappa shape index (κ2) is 9.95. The van der Waals surface area contributed by atoms with Crippen LogP contribution in [0.25, 0.3) is 11.5 Å². The van der Waals surface area contributed by atoms with Gasteiger partial charge in [0.05, 0.1) is 29.7 Å². The molecule has 3 aromatic carbocycles. The lowest BCUT2D eigenvalue weighted by atomic mass is 9.99. The van der Waals surface area contributed by atoms with Crippen LogP contribution in [0.3, 0.4) is 0 Å². The lowest BCUT2D eigenvalue weighted by Crippen LogP contribution is -2.38. The van der Waals surface area contributed by atoms with Crippen LogP contribution < -0.4 is 5.32 Å². The fourth-order valence-electron chi connectivity index (χ4n) is 5.49. The third-order valence-electron chi connectivity index (χ3n) is 7.69. The van der Waals surface area contributed by atoms with Crippen LogP contribution in [0.15, 0.2) is 91.1 Å². The highest BCUT2D eigenvalue weighted by Gasteiger charge is 2.36. The van der Waals surface area contributed by atoms with Gasteiger partial charge in [0.15, 0.2) is 0 Å². The Bertz CT molecular complexity index is 1650. The van der Waals surface area contributed by atoms with Crippen molar-refractivity contribution >= 4 is 11.7 Å². The molecule has 6 rings (SSSR count). The summed E-state index contributed by atoms with van der Waals surface area (Å²) in [6, 6.07) is 28.7. The molecule has 2 amide bonds. The quantitative estimate of drug-likeness (QED) is 0.273. The van der Waals surface area contributed by atoms with Crippen LogP contribution in [0.1, 0.15) is 52.2 Å². The van der Waals surface area contributed by atoms with Crippen molar-refractivity contribution in [1.82, 2.24) is 19.2 Å². The van der Waals surface area contributed by atoms with Gasteiger partial charge in [-0.3, -0.25) is 0 Å². The molecule has 6 nitrogen and oxygen atoms in total. The maximum Gasteiger partial charge on any atom is 0.322 e. The molecule has 0 bridgehead atoms. The van der Waals surface area contributed by atoms with Crippen LogP contribution in [-0.2, 0) is 13.0 Å². The SMILES string of the molecule is CCc1ccc([C@@H]2c3cccn3-c3c(c(C)nn3-c3ccccc3)CN2C(=O)Nc2cc(C)ccc2C)cc1. The summed E-state index contributed by atoms with van der Waals surface area (Å²) in [5, 5.41) is 8.18. The summed E-state index contributed by atoms with van der Waals surface area (Å²) in [6.45, 7) is 8.67. The van der Waals surface area contributed by atoms with Gasteiger partial charge in [-0.05, 0) is 79.8 Å². The first-order valence-electron chi connectivity index (χ1n) is 13.5. The van der Waals surface area contributed by atoms with E-state index in [9.17, 15) is 4.79 Å². The Labute approximate surface area is 229 Å². The van der Waals surface area contributed by atoms with E-state index in [0.29, 0.717) is 6.54 Å². The molecule has 0 radical (unpaired) electrons. The van der Waals surface area contributed by atoms with E-state index in [1.165, 1.54) is 5.56 Å². The Morgan fingerprint density at radius 1 is 0.949 bits per heavy atom. The van der Waals surface area contributed by atoms with E-state index in [0.717, 1.165) is 57.3 Å². The predicted molar refractivity (Wildman–Crippen MR) is 156 cm³/mol. The molecule has 196 valence electrons. The number of anilines is 1. The largest absolute Gasteiger partial charge is 0.322 e. The summed E-state index contributed by atoms with van der Waals surface area (Å²) in [6.07, 6.45) is 3.05. The number of carbonyl (C=O) groups is 1. The minimum Gasteiger partial charge on any atom is -0.308 e. The lowest BCUT2D eigenvalue weighted by molar-refractivity contribution is 0.194. The van der Waals surface area contributed by atoms with Gasteiger partial charge in [-0.1, -0.05) is 61.5 Å². The number of nitrogens with zero attached hydrogens (tertiary/aromatic N) is 4. The third-order valence-corrected chi connectivity index (χ3v) is 7.69. The fraction of sp³-hybridized carbons (Fsp3) is 0.212. The number of fused-ring (bicyclic) bond motifs is 3. The minimum absolute atomic E-state index is 0.138. The maximum atomic E-state index is 14.2. The Morgan fingerprint density at radius 3 is 2.46 bits per heavy atom. The van der Waals surface area contributed by atoms with Gasteiger partial charge in [-0.2, -0.15) is 5.10 Å². The van der Waals surface area contributed by atoms with Crippen molar-refractivity contribution < 1.29 is 4.79 Å². The molecule has 1 N–H and O–H groups in total. The van der Waals surface area contributed by atoms with Crippen LogP contribution in [0, 0.1) is 20.8 Å². The zero-order valence-corrected chi connectivity index (χ0v) is 22.8. The number of para-hydroxylation sites is 1. The highest BCUT2D eigenvalue weighted by Crippen LogP contribution is 2.39. The molecule has 0 aliphatic carbocycles. The molecule has 2 aromatic heterocycles. The van der Waals surface area contributed by atoms with Gasteiger partial charge in [-0.15, -0.1) is 0 Å². The van der Waals surface area contributed by atoms with Gasteiger partial charge in [0.2, 0.25) is 0 Å². The molecule has 6 heteroatoms. The lowest BCUT2D eigenvalue weighted by Gasteiger charge is -2.31. The molecule has 0 fully saturated rings. The number of hydrogen-bond donors (Lipinski definition) is 1. The van der Waals surface area contributed by atoms with E-state index in [-0.39, 0.29) is 12.1 Å². The minimum atomic E-state index is -0.285. The normalized spacial score (nSPS) is 14.5. The molecule has 5 aromatic rings. The Morgan fingerprint density at radius 2 is 1.72 bits per heavy atom. The summed E-state index contributed by atoms with van der Waals surface area (Å²) < 4.78 is 4.20. The highest BCUT2D eigenvalue weighted by molar-refractivity contribution is 5.91. The Hall–Kier alpha value is -4.58. The Balaban J connectivity index is 1.53. The molecule has 3 heterocycles. The molecule has 1 aliphatic heterocycles. The standard InChI is InChI=1S/C33H33N5O/c1-5-25-15-17-26(18-16-25)31-30-12-9-19-36(30)32-28(24(4)35-38(32)27-10-7-6-8-11-27)21-37(31)33(39)34-29-20-22(2)13-14-23(29)3/h6-20,31H,5,21H2,1-4H3,(H,34,39)/t31-/m1/s1. The highest BCUT2D eigenvalue weighted by atomic mass is 16.2. The summed E-state index contributed by atoms with van der Waals surface area (Å²) in [7, 11) is 0. The fourth-order valence-corrected chi connectivity index (χ4v) is 5.49. The van der Waals surface area contributed by atoms with Crippen molar-refractivity contribution in [2.24, 2.45) is 0 Å². The van der Waals surface area contributed by atoms with Crippen molar-refractivity contribution in [3.63, 3.8) is 0 Å². The first kappa shape index (κ1) is 24.7. The summed E-state index contributed by atoms with van der Waals surface area (Å²) in [5.74, 6) is 0.968. The summed E-state index contributed by atoms with van der Waals surface area (Å²) in [4.78, 5) is 16.1. The predicted octanol–water partition coefficient (Wildman–Crippen LogP) is 7.29. The molecule has 0 spiro atoms. The van der Waals surface area contributed by atoms with E-state index in [2.05, 4.69) is 77.6 Å². The van der Waals surface area contributed by atoms with Crippen LogP contribution in [0.5, 0.6) is 0 Å². The number of benzene rings is 3. The van der Waals surface area contributed by atoms with E-state index in [1.807, 2.05) is 60.7 Å². The number of amides is 2. The summed E-state index contributed by atoms with van der Waals surface area (Å²) in [5.41, 5.74) is 9.25. The number of hydrogen-bond acceptors (Lipinski definition) is 2. The molecular formula is C33H33N5O. The molecule has 0 saturated heterocycles. The third kappa shape index (κ3) is 4.42. The first-order chi connectivity index (χ1) is 18.9. The number of nitrogens with one attached hydrogen (secondary N) is 1. The van der Waals surface area contributed by atoms with Crippen molar-refractivity contribution in [3.05, 3.63) is 130 Å². The number of rotatable bonds is 4. The van der Waals surface area contributed by atoms with Crippen LogP contribution in [0.4, 0.5) is 10.5 Å². The van der Waals surface area contributed by atoms with Gasteiger partial charge >= 0.3 is 6.03 Å². The van der Waals surface area contributed by atoms with Crippen molar-refractivity contribution in [2.75, 3.05) is 5.32 Å². The number of aromatic nitrogens is 3. The molecule has 1 aliphatic rings. The van der Waals surface area contributed by atoms with Gasteiger partial charge in [0, 0.05) is 17.4 Å². The zero-order chi connectivity index (χ0) is 27.1. The van der Waals surface area contributed by atoms with Gasteiger partial charge < -0.3 is 14.8 Å². The molecule has 39 heavy (non-hydrogen) atoms. The second-order valence-corrected chi connectivity index (χ2v) is 10.3. The van der Waals surface area contributed by atoms with Gasteiger partial charge in [0.25, 0.3) is 0 Å². The average Bonchev–Trinajstić information content (AvgIpc) is 3.51. The molecule has 0 unspecified atom stereocenters. The monoisotopic (exact) mass is 515 g/mol. The number of carbonyl (C=O) groups excluding carboxylic acids is 1. The average molecular weight is 516 g/mol. The topological polar surface area (TPSA) is 55.1 Å². The second-order valence-electron chi connectivity index (χ2n) is 10.3. The van der Waals surface area contributed by atoms with E-state index in [1.54, 1.807) is 0 Å². The number of urea groups is 1. The molecule has 1 atom stereocenters. The van der Waals surface area contributed by atoms with Crippen LogP contribution in [-0.4, -0.2) is 25.3 Å². The summed E-state index contributed by atoms with van der Waals surface area (Å²) >= 11 is 0. The van der Waals surface area contributed by atoms with E-state index in [4.69, 9.17) is 5.10 Å². The van der Waals surface area contributed by atoms with Crippen LogP contribution >= 0.6 is 0 Å². The number of aryl methyl sites for hydroxylation is 4. The first-order valence-corrected chi connectivity index (χ1v) is 13.5. The Kier molecular flexibility index (Phi) is 6.31. The van der Waals surface area contributed by atoms with Crippen molar-refractivity contribution in [1.29, 1.82) is 0 Å². The van der Waals surface area contributed by atoms with Crippen molar-refractivity contribution in [2.45, 2.75) is 46.7 Å². The molecule has 0 saturated carbocycles. The maximum absolute atomic E-state index is 14.2.